The minimum atomic E-state index is 0.0576. The van der Waals surface area contributed by atoms with Crippen molar-refractivity contribution in [2.24, 2.45) is 0 Å². The standard InChI is InChI=1S/C28H39ClN2O2S/c29-23-15-17-25(18-16-23)33-22-28(32)31(21-26-13-10-20-34-26)27-14-8-9-19-30(27)24-11-6-4-2-1-3-5-7-12-24/h10,13,15-18,20,24,27H,1-9,11-12,14,19,21-22H2. The molecule has 1 aliphatic carbocycles. The number of hydrogen-bond acceptors (Lipinski definition) is 4. The lowest BCUT2D eigenvalue weighted by Gasteiger charge is -2.46. The maximum atomic E-state index is 13.6. The maximum absolute atomic E-state index is 13.6. The summed E-state index contributed by atoms with van der Waals surface area (Å²) in [6.07, 6.45) is 15.6. The molecule has 1 amide bonds. The zero-order valence-electron chi connectivity index (χ0n) is 20.3. The van der Waals surface area contributed by atoms with Gasteiger partial charge in [0.05, 0.1) is 12.7 Å². The topological polar surface area (TPSA) is 32.8 Å². The van der Waals surface area contributed by atoms with E-state index in [2.05, 4.69) is 27.3 Å². The highest BCUT2D eigenvalue weighted by molar-refractivity contribution is 7.09. The van der Waals surface area contributed by atoms with Crippen LogP contribution in [0.2, 0.25) is 5.02 Å². The third kappa shape index (κ3) is 7.47. The highest BCUT2D eigenvalue weighted by atomic mass is 35.5. The van der Waals surface area contributed by atoms with Crippen LogP contribution in [0.25, 0.3) is 0 Å². The fraction of sp³-hybridized carbons (Fsp3) is 0.607. The second kappa shape index (κ2) is 13.5. The summed E-state index contributed by atoms with van der Waals surface area (Å²) in [5.74, 6) is 0.752. The van der Waals surface area contributed by atoms with Crippen molar-refractivity contribution in [1.82, 2.24) is 9.80 Å². The summed E-state index contributed by atoms with van der Waals surface area (Å²) in [5, 5.41) is 2.77. The molecule has 0 N–H and O–H groups in total. The highest BCUT2D eigenvalue weighted by Gasteiger charge is 2.35. The van der Waals surface area contributed by atoms with Gasteiger partial charge in [0.15, 0.2) is 6.61 Å². The Morgan fingerprint density at radius 3 is 2.29 bits per heavy atom. The van der Waals surface area contributed by atoms with E-state index in [1.807, 2.05) is 12.1 Å². The third-order valence-electron chi connectivity index (χ3n) is 7.32. The third-order valence-corrected chi connectivity index (χ3v) is 8.43. The number of halogens is 1. The van der Waals surface area contributed by atoms with Gasteiger partial charge in [-0.3, -0.25) is 9.69 Å². The van der Waals surface area contributed by atoms with E-state index in [0.717, 1.165) is 13.0 Å². The number of carbonyl (C=O) groups is 1. The number of thiophene rings is 1. The normalized spacial score (nSPS) is 21.1. The van der Waals surface area contributed by atoms with Crippen LogP contribution < -0.4 is 4.74 Å². The quantitative estimate of drug-likeness (QED) is 0.392. The molecule has 0 bridgehead atoms. The van der Waals surface area contributed by atoms with E-state index in [-0.39, 0.29) is 18.7 Å². The van der Waals surface area contributed by atoms with Crippen molar-refractivity contribution in [3.05, 3.63) is 51.7 Å². The average Bonchev–Trinajstić information content (AvgIpc) is 3.39. The Hall–Kier alpha value is -1.56. The Morgan fingerprint density at radius 1 is 0.941 bits per heavy atom. The van der Waals surface area contributed by atoms with E-state index in [4.69, 9.17) is 16.3 Å². The van der Waals surface area contributed by atoms with Gasteiger partial charge in [0, 0.05) is 22.5 Å². The molecule has 1 atom stereocenters. The molecule has 186 valence electrons. The monoisotopic (exact) mass is 502 g/mol. The highest BCUT2D eigenvalue weighted by Crippen LogP contribution is 2.30. The van der Waals surface area contributed by atoms with Gasteiger partial charge in [-0.1, -0.05) is 62.6 Å². The van der Waals surface area contributed by atoms with Crippen LogP contribution in [-0.4, -0.2) is 41.1 Å². The molecule has 1 aliphatic heterocycles. The Bertz CT molecular complexity index is 848. The Kier molecular flexibility index (Phi) is 10.1. The molecule has 4 rings (SSSR count). The lowest BCUT2D eigenvalue weighted by molar-refractivity contribution is -0.144. The summed E-state index contributed by atoms with van der Waals surface area (Å²) in [4.78, 5) is 19.7. The number of rotatable bonds is 7. The summed E-state index contributed by atoms with van der Waals surface area (Å²) in [5.41, 5.74) is 0. The van der Waals surface area contributed by atoms with Gasteiger partial charge in [-0.15, -0.1) is 11.3 Å². The van der Waals surface area contributed by atoms with Gasteiger partial charge in [-0.2, -0.15) is 0 Å². The summed E-state index contributed by atoms with van der Waals surface area (Å²) in [6.45, 7) is 1.82. The first kappa shape index (κ1) is 25.5. The van der Waals surface area contributed by atoms with Gasteiger partial charge in [0.2, 0.25) is 0 Å². The van der Waals surface area contributed by atoms with Crippen molar-refractivity contribution in [2.75, 3.05) is 13.2 Å². The number of hydrogen-bond donors (Lipinski definition) is 0. The molecular formula is C28H39ClN2O2S. The zero-order chi connectivity index (χ0) is 23.6. The first-order chi connectivity index (χ1) is 16.7. The molecule has 1 aromatic carbocycles. The van der Waals surface area contributed by atoms with E-state index >= 15 is 0 Å². The molecule has 4 nitrogen and oxygen atoms in total. The molecule has 1 saturated carbocycles. The molecule has 1 aromatic heterocycles. The number of benzene rings is 1. The average molecular weight is 503 g/mol. The first-order valence-electron chi connectivity index (χ1n) is 13.2. The van der Waals surface area contributed by atoms with Crippen LogP contribution in [0.4, 0.5) is 0 Å². The van der Waals surface area contributed by atoms with E-state index in [9.17, 15) is 4.79 Å². The number of ether oxygens (including phenoxy) is 1. The van der Waals surface area contributed by atoms with Crippen LogP contribution in [0.15, 0.2) is 41.8 Å². The van der Waals surface area contributed by atoms with E-state index in [1.54, 1.807) is 23.5 Å². The molecule has 2 aliphatic rings. The fourth-order valence-corrected chi connectivity index (χ4v) is 6.33. The van der Waals surface area contributed by atoms with Gasteiger partial charge in [-0.05, 0) is 67.8 Å². The van der Waals surface area contributed by atoms with Crippen molar-refractivity contribution >= 4 is 28.8 Å². The molecule has 0 spiro atoms. The van der Waals surface area contributed by atoms with Crippen molar-refractivity contribution in [1.29, 1.82) is 0 Å². The van der Waals surface area contributed by atoms with Crippen LogP contribution in [0.3, 0.4) is 0 Å². The van der Waals surface area contributed by atoms with Crippen LogP contribution >= 0.6 is 22.9 Å². The van der Waals surface area contributed by atoms with Gasteiger partial charge in [-0.25, -0.2) is 0 Å². The van der Waals surface area contributed by atoms with Crippen LogP contribution in [0.1, 0.15) is 81.9 Å². The van der Waals surface area contributed by atoms with Gasteiger partial charge in [0.25, 0.3) is 5.91 Å². The van der Waals surface area contributed by atoms with Gasteiger partial charge in [0.1, 0.15) is 5.75 Å². The van der Waals surface area contributed by atoms with Crippen molar-refractivity contribution in [3.8, 4) is 5.75 Å². The fourth-order valence-electron chi connectivity index (χ4n) is 5.51. The Morgan fingerprint density at radius 2 is 1.62 bits per heavy atom. The lowest BCUT2D eigenvalue weighted by atomic mass is 9.93. The van der Waals surface area contributed by atoms with E-state index in [0.29, 0.717) is 23.4 Å². The smallest absolute Gasteiger partial charge is 0.262 e. The minimum Gasteiger partial charge on any atom is -0.484 e. The van der Waals surface area contributed by atoms with Crippen LogP contribution in [0.5, 0.6) is 5.75 Å². The number of amides is 1. The molecule has 1 saturated heterocycles. The largest absolute Gasteiger partial charge is 0.484 e. The molecule has 2 aromatic rings. The molecular weight excluding hydrogens is 464 g/mol. The zero-order valence-corrected chi connectivity index (χ0v) is 21.9. The summed E-state index contributed by atoms with van der Waals surface area (Å²) in [6, 6.07) is 12.0. The van der Waals surface area contributed by atoms with Crippen molar-refractivity contribution < 1.29 is 9.53 Å². The second-order valence-electron chi connectivity index (χ2n) is 9.76. The lowest BCUT2D eigenvalue weighted by Crippen LogP contribution is -2.57. The number of piperidine rings is 1. The van der Waals surface area contributed by atoms with Crippen molar-refractivity contribution in [2.45, 2.75) is 95.8 Å². The Labute approximate surface area is 214 Å². The molecule has 0 radical (unpaired) electrons. The number of likely N-dealkylation sites (tertiary alicyclic amines) is 1. The minimum absolute atomic E-state index is 0.0576. The number of carbonyl (C=O) groups excluding carboxylic acids is 1. The van der Waals surface area contributed by atoms with E-state index < -0.39 is 0 Å². The predicted molar refractivity (Wildman–Crippen MR) is 142 cm³/mol. The summed E-state index contributed by atoms with van der Waals surface area (Å²) >= 11 is 7.73. The van der Waals surface area contributed by atoms with Gasteiger partial charge < -0.3 is 9.64 Å². The molecule has 1 unspecified atom stereocenters. The Balaban J connectivity index is 1.49. The predicted octanol–water partition coefficient (Wildman–Crippen LogP) is 7.51. The molecule has 2 heterocycles. The molecule has 34 heavy (non-hydrogen) atoms. The maximum Gasteiger partial charge on any atom is 0.262 e. The number of nitrogens with zero attached hydrogens (tertiary/aromatic N) is 2. The first-order valence-corrected chi connectivity index (χ1v) is 14.4. The van der Waals surface area contributed by atoms with Crippen LogP contribution in [-0.2, 0) is 11.3 Å². The van der Waals surface area contributed by atoms with Gasteiger partial charge >= 0.3 is 0 Å². The molecule has 6 heteroatoms. The van der Waals surface area contributed by atoms with Crippen LogP contribution in [0, 0.1) is 0 Å². The SMILES string of the molecule is O=C(COc1ccc(Cl)cc1)N(Cc1cccs1)C1CCCCN1C1CCCCCCCCC1. The van der Waals surface area contributed by atoms with E-state index in [1.165, 1.54) is 75.5 Å². The summed E-state index contributed by atoms with van der Waals surface area (Å²) in [7, 11) is 0. The molecule has 2 fully saturated rings. The summed E-state index contributed by atoms with van der Waals surface area (Å²) < 4.78 is 5.90. The second-order valence-corrected chi connectivity index (χ2v) is 11.2. The van der Waals surface area contributed by atoms with Crippen molar-refractivity contribution in [3.63, 3.8) is 0 Å².